The van der Waals surface area contributed by atoms with E-state index in [-0.39, 0.29) is 12.6 Å². The van der Waals surface area contributed by atoms with Crippen molar-refractivity contribution in [3.05, 3.63) is 22.2 Å². The van der Waals surface area contributed by atoms with Gasteiger partial charge in [-0.25, -0.2) is 9.48 Å². The zero-order valence-electron chi connectivity index (χ0n) is 13.7. The SMILES string of the molecule is Cn1nnc2c(Br)cc(COC[C@H]3COC(C)(C)N3C(=O)O)cc21. The summed E-state index contributed by atoms with van der Waals surface area (Å²) in [6.07, 6.45) is -1.00. The first kappa shape index (κ1) is 17.1. The molecule has 0 aliphatic carbocycles. The van der Waals surface area contributed by atoms with E-state index >= 15 is 0 Å². The van der Waals surface area contributed by atoms with E-state index in [1.165, 1.54) is 4.90 Å². The van der Waals surface area contributed by atoms with Gasteiger partial charge in [-0.15, -0.1) is 5.10 Å². The van der Waals surface area contributed by atoms with Crippen LogP contribution in [0.25, 0.3) is 11.0 Å². The molecule has 1 aromatic carbocycles. The van der Waals surface area contributed by atoms with Gasteiger partial charge in [0.05, 0.1) is 31.4 Å². The second-order valence-corrected chi connectivity index (χ2v) is 7.09. The molecule has 1 atom stereocenters. The molecule has 1 fully saturated rings. The average molecular weight is 399 g/mol. The van der Waals surface area contributed by atoms with Crippen LogP contribution in [-0.4, -0.2) is 56.1 Å². The number of carboxylic acid groups (broad SMARTS) is 1. The Morgan fingerprint density at radius 2 is 2.29 bits per heavy atom. The Morgan fingerprint density at radius 3 is 3.00 bits per heavy atom. The Labute approximate surface area is 147 Å². The van der Waals surface area contributed by atoms with Gasteiger partial charge in [0, 0.05) is 11.5 Å². The highest BCUT2D eigenvalue weighted by molar-refractivity contribution is 9.10. The molecular formula is C15H19BrN4O4. The van der Waals surface area contributed by atoms with Gasteiger partial charge in [-0.2, -0.15) is 0 Å². The number of hydrogen-bond donors (Lipinski definition) is 1. The van der Waals surface area contributed by atoms with Crippen LogP contribution in [0.3, 0.4) is 0 Å². The van der Waals surface area contributed by atoms with E-state index < -0.39 is 11.8 Å². The zero-order chi connectivity index (χ0) is 17.5. The molecule has 130 valence electrons. The molecule has 8 nitrogen and oxygen atoms in total. The Bertz CT molecular complexity index is 776. The first-order chi connectivity index (χ1) is 11.3. The topological polar surface area (TPSA) is 89.7 Å². The third kappa shape index (κ3) is 3.11. The van der Waals surface area contributed by atoms with Crippen LogP contribution in [0.15, 0.2) is 16.6 Å². The second-order valence-electron chi connectivity index (χ2n) is 6.24. The number of aromatic nitrogens is 3. The third-order valence-corrected chi connectivity index (χ3v) is 4.69. The number of benzene rings is 1. The maximum Gasteiger partial charge on any atom is 0.409 e. The van der Waals surface area contributed by atoms with Crippen molar-refractivity contribution in [3.8, 4) is 0 Å². The first-order valence-electron chi connectivity index (χ1n) is 7.51. The summed E-state index contributed by atoms with van der Waals surface area (Å²) in [7, 11) is 1.83. The van der Waals surface area contributed by atoms with Gasteiger partial charge in [0.15, 0.2) is 0 Å². The monoisotopic (exact) mass is 398 g/mol. The van der Waals surface area contributed by atoms with Gasteiger partial charge in [0.25, 0.3) is 0 Å². The number of aryl methyl sites for hydroxylation is 1. The van der Waals surface area contributed by atoms with Gasteiger partial charge >= 0.3 is 6.09 Å². The number of nitrogens with zero attached hydrogens (tertiary/aromatic N) is 4. The Morgan fingerprint density at radius 1 is 1.54 bits per heavy atom. The largest absolute Gasteiger partial charge is 0.465 e. The van der Waals surface area contributed by atoms with Crippen molar-refractivity contribution in [2.45, 2.75) is 32.2 Å². The molecule has 0 radical (unpaired) electrons. The standard InChI is InChI=1S/C15H19BrN4O4/c1-15(2)20(14(21)22)10(8-24-15)7-23-6-9-4-11(16)13-12(5-9)19(3)18-17-13/h4-5,10H,6-8H2,1-3H3,(H,21,22)/t10-/m0/s1. The van der Waals surface area contributed by atoms with Crippen LogP contribution in [0.5, 0.6) is 0 Å². The van der Waals surface area contributed by atoms with Gasteiger partial charge in [-0.1, -0.05) is 5.21 Å². The molecule has 0 bridgehead atoms. The Hall–Kier alpha value is -1.71. The van der Waals surface area contributed by atoms with Crippen molar-refractivity contribution in [1.29, 1.82) is 0 Å². The summed E-state index contributed by atoms with van der Waals surface area (Å²) < 4.78 is 13.8. The van der Waals surface area contributed by atoms with E-state index in [1.807, 2.05) is 19.2 Å². The highest BCUT2D eigenvalue weighted by atomic mass is 79.9. The number of halogens is 1. The minimum atomic E-state index is -1.00. The molecule has 2 aromatic rings. The van der Waals surface area contributed by atoms with Gasteiger partial charge in [0.1, 0.15) is 11.2 Å². The predicted molar refractivity (Wildman–Crippen MR) is 89.5 cm³/mol. The summed E-state index contributed by atoms with van der Waals surface area (Å²) in [4.78, 5) is 12.7. The lowest BCUT2D eigenvalue weighted by Crippen LogP contribution is -2.48. The highest BCUT2D eigenvalue weighted by Crippen LogP contribution is 2.28. The van der Waals surface area contributed by atoms with Gasteiger partial charge < -0.3 is 14.6 Å². The van der Waals surface area contributed by atoms with E-state index in [1.54, 1.807) is 18.5 Å². The molecule has 24 heavy (non-hydrogen) atoms. The van der Waals surface area contributed by atoms with Crippen LogP contribution in [-0.2, 0) is 23.1 Å². The minimum absolute atomic E-state index is 0.273. The van der Waals surface area contributed by atoms with Crippen LogP contribution in [0.4, 0.5) is 4.79 Å². The molecule has 0 saturated carbocycles. The molecule has 1 saturated heterocycles. The number of amides is 1. The third-order valence-electron chi connectivity index (χ3n) is 4.09. The van der Waals surface area contributed by atoms with Crippen molar-refractivity contribution in [2.75, 3.05) is 13.2 Å². The Balaban J connectivity index is 1.66. The lowest BCUT2D eigenvalue weighted by atomic mass is 10.2. The van der Waals surface area contributed by atoms with Gasteiger partial charge in [0.2, 0.25) is 0 Å². The molecule has 0 unspecified atom stereocenters. The number of ether oxygens (including phenoxy) is 2. The molecule has 1 aliphatic heterocycles. The second kappa shape index (κ2) is 6.30. The van der Waals surface area contributed by atoms with Gasteiger partial charge in [-0.05, 0) is 47.5 Å². The first-order valence-corrected chi connectivity index (χ1v) is 8.30. The minimum Gasteiger partial charge on any atom is -0.465 e. The van der Waals surface area contributed by atoms with Crippen molar-refractivity contribution < 1.29 is 19.4 Å². The molecule has 0 spiro atoms. The van der Waals surface area contributed by atoms with E-state index in [9.17, 15) is 9.90 Å². The maximum absolute atomic E-state index is 11.4. The molecule has 1 aliphatic rings. The Kier molecular flexibility index (Phi) is 4.50. The van der Waals surface area contributed by atoms with E-state index in [0.717, 1.165) is 21.1 Å². The summed E-state index contributed by atoms with van der Waals surface area (Å²) >= 11 is 3.49. The van der Waals surface area contributed by atoms with Crippen LogP contribution in [0, 0.1) is 0 Å². The van der Waals surface area contributed by atoms with Crippen LogP contribution < -0.4 is 0 Å². The van der Waals surface area contributed by atoms with E-state index in [0.29, 0.717) is 13.2 Å². The lowest BCUT2D eigenvalue weighted by Gasteiger charge is -2.30. The summed E-state index contributed by atoms with van der Waals surface area (Å²) in [6.45, 7) is 4.44. The van der Waals surface area contributed by atoms with Crippen LogP contribution >= 0.6 is 15.9 Å². The van der Waals surface area contributed by atoms with E-state index in [2.05, 4.69) is 26.2 Å². The fraction of sp³-hybridized carbons (Fsp3) is 0.533. The van der Waals surface area contributed by atoms with Crippen molar-refractivity contribution in [1.82, 2.24) is 19.9 Å². The van der Waals surface area contributed by atoms with E-state index in [4.69, 9.17) is 9.47 Å². The average Bonchev–Trinajstić information content (AvgIpc) is 3.00. The molecular weight excluding hydrogens is 380 g/mol. The smallest absolute Gasteiger partial charge is 0.409 e. The van der Waals surface area contributed by atoms with Crippen LogP contribution in [0.1, 0.15) is 19.4 Å². The normalized spacial score (nSPS) is 20.0. The van der Waals surface area contributed by atoms with Gasteiger partial charge in [-0.3, -0.25) is 4.90 Å². The highest BCUT2D eigenvalue weighted by Gasteiger charge is 2.43. The number of fused-ring (bicyclic) bond motifs is 1. The lowest BCUT2D eigenvalue weighted by molar-refractivity contribution is -0.0449. The molecule has 2 heterocycles. The van der Waals surface area contributed by atoms with Crippen molar-refractivity contribution in [2.24, 2.45) is 7.05 Å². The fourth-order valence-electron chi connectivity index (χ4n) is 2.93. The van der Waals surface area contributed by atoms with Crippen molar-refractivity contribution in [3.63, 3.8) is 0 Å². The number of hydrogen-bond acceptors (Lipinski definition) is 5. The fourth-order valence-corrected chi connectivity index (χ4v) is 3.51. The molecule has 9 heteroatoms. The number of rotatable bonds is 4. The molecule has 1 N–H and O–H groups in total. The zero-order valence-corrected chi connectivity index (χ0v) is 15.3. The van der Waals surface area contributed by atoms with Crippen LogP contribution in [0.2, 0.25) is 0 Å². The molecule has 1 amide bonds. The predicted octanol–water partition coefficient (Wildman–Crippen LogP) is 2.36. The number of carbonyl (C=O) groups is 1. The van der Waals surface area contributed by atoms with Crippen molar-refractivity contribution >= 4 is 33.1 Å². The summed E-state index contributed by atoms with van der Waals surface area (Å²) in [5.74, 6) is 0. The summed E-state index contributed by atoms with van der Waals surface area (Å²) in [5.41, 5.74) is 1.83. The quantitative estimate of drug-likeness (QED) is 0.849. The maximum atomic E-state index is 11.4. The molecule has 1 aromatic heterocycles. The summed E-state index contributed by atoms with van der Waals surface area (Å²) in [6, 6.07) is 3.58. The summed E-state index contributed by atoms with van der Waals surface area (Å²) in [5, 5.41) is 17.4. The molecule has 3 rings (SSSR count).